The van der Waals surface area contributed by atoms with Crippen LogP contribution in [0.4, 0.5) is 4.79 Å². The molecule has 3 rings (SSSR count). The molecule has 0 spiro atoms. The van der Waals surface area contributed by atoms with E-state index in [9.17, 15) is 9.90 Å². The van der Waals surface area contributed by atoms with Crippen molar-refractivity contribution in [2.24, 2.45) is 4.99 Å². The van der Waals surface area contributed by atoms with E-state index in [1.54, 1.807) is 4.90 Å². The Kier molecular flexibility index (Phi) is 6.67. The van der Waals surface area contributed by atoms with Crippen molar-refractivity contribution in [3.63, 3.8) is 0 Å². The van der Waals surface area contributed by atoms with Gasteiger partial charge in [0, 0.05) is 32.1 Å². The molecule has 1 fully saturated rings. The molecule has 0 aromatic heterocycles. The van der Waals surface area contributed by atoms with Crippen molar-refractivity contribution in [1.82, 2.24) is 15.1 Å². The molecule has 2 aliphatic rings. The largest absolute Gasteiger partial charge is 0.444 e. The van der Waals surface area contributed by atoms with Gasteiger partial charge >= 0.3 is 6.09 Å². The highest BCUT2D eigenvalue weighted by Crippen LogP contribution is 2.22. The van der Waals surface area contributed by atoms with Crippen LogP contribution < -0.4 is 5.32 Å². The molecule has 160 valence electrons. The van der Waals surface area contributed by atoms with Gasteiger partial charge in [0.25, 0.3) is 0 Å². The van der Waals surface area contributed by atoms with Gasteiger partial charge in [-0.3, -0.25) is 4.99 Å². The number of guanidine groups is 1. The molecule has 29 heavy (non-hydrogen) atoms. The third-order valence-corrected chi connectivity index (χ3v) is 5.26. The second-order valence-corrected chi connectivity index (χ2v) is 9.01. The fourth-order valence-electron chi connectivity index (χ4n) is 3.91. The van der Waals surface area contributed by atoms with E-state index in [0.717, 1.165) is 12.5 Å². The Morgan fingerprint density at radius 1 is 1.31 bits per heavy atom. The number of aliphatic hydroxyl groups is 1. The summed E-state index contributed by atoms with van der Waals surface area (Å²) in [4.78, 5) is 21.1. The Labute approximate surface area is 173 Å². The van der Waals surface area contributed by atoms with Crippen LogP contribution in [0.2, 0.25) is 0 Å². The first-order valence-electron chi connectivity index (χ1n) is 10.5. The van der Waals surface area contributed by atoms with Crippen LogP contribution in [-0.2, 0) is 4.74 Å². The Balaban J connectivity index is 1.55. The highest BCUT2D eigenvalue weighted by molar-refractivity contribution is 5.82. The molecule has 7 heteroatoms. The summed E-state index contributed by atoms with van der Waals surface area (Å²) >= 11 is 0. The molecule has 0 bridgehead atoms. The Hall–Kier alpha value is -2.28. The summed E-state index contributed by atoms with van der Waals surface area (Å²) in [7, 11) is 0. The number of carbonyl (C=O) groups is 1. The minimum Gasteiger partial charge on any atom is -0.444 e. The Bertz CT molecular complexity index is 715. The third-order valence-electron chi connectivity index (χ3n) is 5.26. The maximum atomic E-state index is 12.4. The van der Waals surface area contributed by atoms with E-state index in [1.165, 1.54) is 5.56 Å². The van der Waals surface area contributed by atoms with Crippen LogP contribution in [0.25, 0.3) is 0 Å². The molecule has 0 radical (unpaired) electrons. The number of aliphatic hydroxyl groups excluding tert-OH is 1. The molecular weight excluding hydrogens is 368 g/mol. The topological polar surface area (TPSA) is 77.4 Å². The minimum absolute atomic E-state index is 0.186. The molecule has 1 saturated heterocycles. The lowest BCUT2D eigenvalue weighted by molar-refractivity contribution is 0.0137. The van der Waals surface area contributed by atoms with Gasteiger partial charge in [0.05, 0.1) is 18.7 Å². The summed E-state index contributed by atoms with van der Waals surface area (Å²) in [5.74, 6) is 1.10. The molecular formula is C22H34N4O3. The monoisotopic (exact) mass is 402 g/mol. The van der Waals surface area contributed by atoms with E-state index < -0.39 is 5.60 Å². The van der Waals surface area contributed by atoms with Crippen molar-refractivity contribution in [3.8, 4) is 0 Å². The zero-order valence-corrected chi connectivity index (χ0v) is 18.0. The SMILES string of the molecule is CC(O)CC(CNC1=NCC2CN(C(=O)OC(C)(C)C)CCN12)c1ccccc1. The molecule has 3 atom stereocenters. The van der Waals surface area contributed by atoms with Crippen LogP contribution in [0.1, 0.15) is 45.6 Å². The average Bonchev–Trinajstić information content (AvgIpc) is 3.06. The highest BCUT2D eigenvalue weighted by atomic mass is 16.6. The van der Waals surface area contributed by atoms with E-state index >= 15 is 0 Å². The molecule has 2 heterocycles. The average molecular weight is 403 g/mol. The summed E-state index contributed by atoms with van der Waals surface area (Å²) in [6, 6.07) is 10.5. The van der Waals surface area contributed by atoms with Crippen LogP contribution in [-0.4, -0.2) is 77.4 Å². The second kappa shape index (κ2) is 9.03. The molecule has 1 aromatic carbocycles. The van der Waals surface area contributed by atoms with Gasteiger partial charge in [-0.1, -0.05) is 30.3 Å². The molecule has 3 unspecified atom stereocenters. The van der Waals surface area contributed by atoms with Gasteiger partial charge in [-0.25, -0.2) is 4.79 Å². The number of hydrogen-bond donors (Lipinski definition) is 2. The molecule has 2 N–H and O–H groups in total. The Morgan fingerprint density at radius 2 is 2.03 bits per heavy atom. The quantitative estimate of drug-likeness (QED) is 0.791. The van der Waals surface area contributed by atoms with Crippen molar-refractivity contribution in [2.45, 2.75) is 57.8 Å². The molecule has 1 amide bonds. The lowest BCUT2D eigenvalue weighted by atomic mass is 9.93. The smallest absolute Gasteiger partial charge is 0.410 e. The molecule has 2 aliphatic heterocycles. The standard InChI is InChI=1S/C22H34N4O3/c1-16(27)12-18(17-8-6-5-7-9-17)13-23-20-24-14-19-15-25(10-11-26(19)20)21(28)29-22(2,3)4/h5-9,16,18-19,27H,10-15H2,1-4H3,(H,23,24). The summed E-state index contributed by atoms with van der Waals surface area (Å²) in [6.45, 7) is 10.9. The van der Waals surface area contributed by atoms with Gasteiger partial charge in [-0.15, -0.1) is 0 Å². The summed E-state index contributed by atoms with van der Waals surface area (Å²) in [5.41, 5.74) is 0.731. The van der Waals surface area contributed by atoms with Gasteiger partial charge in [0.15, 0.2) is 5.96 Å². The predicted molar refractivity (Wildman–Crippen MR) is 114 cm³/mol. The predicted octanol–water partition coefficient (Wildman–Crippen LogP) is 2.42. The summed E-state index contributed by atoms with van der Waals surface area (Å²) in [5, 5.41) is 13.4. The maximum absolute atomic E-state index is 12.4. The Morgan fingerprint density at radius 3 is 2.69 bits per heavy atom. The van der Waals surface area contributed by atoms with Crippen LogP contribution in [0, 0.1) is 0 Å². The number of hydrogen-bond acceptors (Lipinski definition) is 6. The van der Waals surface area contributed by atoms with Gasteiger partial charge < -0.3 is 25.0 Å². The lowest BCUT2D eigenvalue weighted by Gasteiger charge is -2.39. The number of piperazine rings is 1. The van der Waals surface area contributed by atoms with Crippen molar-refractivity contribution >= 4 is 12.1 Å². The highest BCUT2D eigenvalue weighted by Gasteiger charge is 2.36. The van der Waals surface area contributed by atoms with Crippen LogP contribution in [0.15, 0.2) is 35.3 Å². The van der Waals surface area contributed by atoms with Crippen LogP contribution in [0.5, 0.6) is 0 Å². The van der Waals surface area contributed by atoms with E-state index in [-0.39, 0.29) is 24.2 Å². The molecule has 7 nitrogen and oxygen atoms in total. The first-order chi connectivity index (χ1) is 13.7. The summed E-state index contributed by atoms with van der Waals surface area (Å²) in [6.07, 6.45) is 0.0810. The fraction of sp³-hybridized carbons (Fsp3) is 0.636. The normalized spacial score (nSPS) is 21.3. The number of ether oxygens (including phenoxy) is 1. The first-order valence-corrected chi connectivity index (χ1v) is 10.5. The fourth-order valence-corrected chi connectivity index (χ4v) is 3.91. The van der Waals surface area contributed by atoms with E-state index in [1.807, 2.05) is 45.9 Å². The van der Waals surface area contributed by atoms with Gasteiger partial charge in [-0.05, 0) is 39.7 Å². The number of aliphatic imine (C=N–C) groups is 1. The van der Waals surface area contributed by atoms with E-state index in [0.29, 0.717) is 32.6 Å². The van der Waals surface area contributed by atoms with Crippen molar-refractivity contribution < 1.29 is 14.6 Å². The zero-order valence-electron chi connectivity index (χ0n) is 18.0. The number of amides is 1. The van der Waals surface area contributed by atoms with E-state index in [4.69, 9.17) is 4.74 Å². The molecule has 1 aromatic rings. The van der Waals surface area contributed by atoms with E-state index in [2.05, 4.69) is 27.3 Å². The number of rotatable bonds is 5. The number of fused-ring (bicyclic) bond motifs is 1. The third kappa shape index (κ3) is 5.85. The molecule has 0 aliphatic carbocycles. The van der Waals surface area contributed by atoms with Crippen LogP contribution in [0.3, 0.4) is 0 Å². The maximum Gasteiger partial charge on any atom is 0.410 e. The number of nitrogens with zero attached hydrogens (tertiary/aromatic N) is 3. The van der Waals surface area contributed by atoms with Crippen molar-refractivity contribution in [2.75, 3.05) is 32.7 Å². The molecule has 0 saturated carbocycles. The first kappa shape index (κ1) is 21.4. The number of benzene rings is 1. The summed E-state index contributed by atoms with van der Waals surface area (Å²) < 4.78 is 5.51. The van der Waals surface area contributed by atoms with Crippen molar-refractivity contribution in [3.05, 3.63) is 35.9 Å². The van der Waals surface area contributed by atoms with Crippen LogP contribution >= 0.6 is 0 Å². The number of carbonyl (C=O) groups excluding carboxylic acids is 1. The minimum atomic E-state index is -0.483. The van der Waals surface area contributed by atoms with Gasteiger partial charge in [-0.2, -0.15) is 0 Å². The van der Waals surface area contributed by atoms with Crippen molar-refractivity contribution in [1.29, 1.82) is 0 Å². The zero-order chi connectivity index (χ0) is 21.0. The number of nitrogens with one attached hydrogen (secondary N) is 1. The lowest BCUT2D eigenvalue weighted by Crippen LogP contribution is -2.57. The second-order valence-electron chi connectivity index (χ2n) is 9.01. The van der Waals surface area contributed by atoms with Gasteiger partial charge in [0.2, 0.25) is 0 Å². The van der Waals surface area contributed by atoms with Gasteiger partial charge in [0.1, 0.15) is 5.60 Å².